The van der Waals surface area contributed by atoms with Gasteiger partial charge in [-0.2, -0.15) is 5.48 Å². The summed E-state index contributed by atoms with van der Waals surface area (Å²) in [7, 11) is 1.65. The van der Waals surface area contributed by atoms with Crippen LogP contribution >= 0.6 is 22.6 Å². The number of non-ortho nitro benzene ring substituents is 1. The minimum Gasteiger partial charge on any atom is -0.478 e. The van der Waals surface area contributed by atoms with Crippen LogP contribution in [0.15, 0.2) is 36.7 Å². The van der Waals surface area contributed by atoms with Crippen molar-refractivity contribution in [3.8, 4) is 0 Å². The van der Waals surface area contributed by atoms with Gasteiger partial charge in [0, 0.05) is 33.8 Å². The summed E-state index contributed by atoms with van der Waals surface area (Å²) in [6.07, 6.45) is 5.26. The molecule has 4 rings (SSSR count). The van der Waals surface area contributed by atoms with Crippen LogP contribution in [0.25, 0.3) is 11.0 Å². The Kier molecular flexibility index (Phi) is 7.30. The fourth-order valence-electron chi connectivity index (χ4n) is 2.82. The Labute approximate surface area is 191 Å². The molecule has 1 aromatic heterocycles. The third kappa shape index (κ3) is 5.62. The fraction of sp³-hybridized carbons (Fsp3) is 0.250. The van der Waals surface area contributed by atoms with Crippen molar-refractivity contribution in [2.24, 2.45) is 0 Å². The molecule has 162 valence electrons. The molecule has 0 saturated heterocycles. The number of rotatable bonds is 6. The number of nitrogens with zero attached hydrogens (tertiary/aromatic N) is 3. The second-order valence-corrected chi connectivity index (χ2v) is 8.06. The lowest BCUT2D eigenvalue weighted by atomic mass is 10.1. The van der Waals surface area contributed by atoms with Gasteiger partial charge in [0.05, 0.1) is 23.3 Å². The smallest absolute Gasteiger partial charge is 0.338 e. The van der Waals surface area contributed by atoms with Gasteiger partial charge in [-0.05, 0) is 66.1 Å². The maximum Gasteiger partial charge on any atom is 0.338 e. The topological polar surface area (TPSA) is 140 Å². The van der Waals surface area contributed by atoms with Gasteiger partial charge >= 0.3 is 5.97 Å². The number of carboxylic acid groups (broad SMARTS) is 1. The molecule has 3 aromatic rings. The highest BCUT2D eigenvalue weighted by atomic mass is 127. The first-order chi connectivity index (χ1) is 14.8. The number of anilines is 2. The number of hydroxylamine groups is 1. The summed E-state index contributed by atoms with van der Waals surface area (Å²) in [4.78, 5) is 35.0. The van der Waals surface area contributed by atoms with Gasteiger partial charge in [0.2, 0.25) is 0 Å². The summed E-state index contributed by atoms with van der Waals surface area (Å²) in [6.45, 7) is 1.88. The molecule has 31 heavy (non-hydrogen) atoms. The highest BCUT2D eigenvalue weighted by molar-refractivity contribution is 14.1. The number of hydrogen-bond donors (Lipinski definition) is 3. The SMILES string of the molecule is CONC1CC1.Cc1cc(I)ccc1Nc1c(C(=O)O)cc([N+](=O)[O-])c2nccnc12. The fourth-order valence-corrected chi connectivity index (χ4v) is 3.46. The van der Waals surface area contributed by atoms with Crippen LogP contribution in [-0.4, -0.2) is 39.1 Å². The van der Waals surface area contributed by atoms with Gasteiger partial charge in [0.25, 0.3) is 5.69 Å². The molecule has 1 aliphatic carbocycles. The van der Waals surface area contributed by atoms with Crippen LogP contribution in [0, 0.1) is 20.6 Å². The van der Waals surface area contributed by atoms with Crippen molar-refractivity contribution in [2.75, 3.05) is 12.4 Å². The van der Waals surface area contributed by atoms with Crippen LogP contribution in [0.3, 0.4) is 0 Å². The molecule has 1 heterocycles. The van der Waals surface area contributed by atoms with Crippen LogP contribution in [0.4, 0.5) is 17.1 Å². The number of hydrogen-bond acceptors (Lipinski definition) is 8. The zero-order valence-corrected chi connectivity index (χ0v) is 18.9. The predicted octanol–water partition coefficient (Wildman–Crippen LogP) is 4.19. The van der Waals surface area contributed by atoms with E-state index < -0.39 is 16.6 Å². The summed E-state index contributed by atoms with van der Waals surface area (Å²) >= 11 is 2.18. The third-order valence-electron chi connectivity index (χ3n) is 4.47. The molecule has 0 bridgehead atoms. The molecule has 3 N–H and O–H groups in total. The quantitative estimate of drug-likeness (QED) is 0.240. The van der Waals surface area contributed by atoms with Crippen LogP contribution < -0.4 is 10.8 Å². The highest BCUT2D eigenvalue weighted by Gasteiger charge is 2.24. The summed E-state index contributed by atoms with van der Waals surface area (Å²) in [5, 5.41) is 23.8. The van der Waals surface area contributed by atoms with E-state index in [9.17, 15) is 20.0 Å². The van der Waals surface area contributed by atoms with E-state index >= 15 is 0 Å². The van der Waals surface area contributed by atoms with E-state index in [1.807, 2.05) is 25.1 Å². The molecule has 11 heteroatoms. The van der Waals surface area contributed by atoms with Crippen molar-refractivity contribution < 1.29 is 19.7 Å². The Balaban J connectivity index is 0.000000391. The number of nitro benzene ring substituents is 1. The molecule has 2 aromatic carbocycles. The molecule has 0 unspecified atom stereocenters. The van der Waals surface area contributed by atoms with Crippen molar-refractivity contribution in [3.05, 3.63) is 61.5 Å². The van der Waals surface area contributed by atoms with Crippen LogP contribution in [-0.2, 0) is 4.84 Å². The van der Waals surface area contributed by atoms with E-state index in [1.54, 1.807) is 7.11 Å². The molecule has 0 aliphatic heterocycles. The third-order valence-corrected chi connectivity index (χ3v) is 5.14. The molecular formula is C20H20IN5O5. The molecule has 10 nitrogen and oxygen atoms in total. The van der Waals surface area contributed by atoms with Gasteiger partial charge in [-0.15, -0.1) is 0 Å². The predicted molar refractivity (Wildman–Crippen MR) is 123 cm³/mol. The lowest BCUT2D eigenvalue weighted by Gasteiger charge is -2.14. The van der Waals surface area contributed by atoms with E-state index in [2.05, 4.69) is 48.2 Å². The van der Waals surface area contributed by atoms with E-state index in [-0.39, 0.29) is 22.3 Å². The molecular weight excluding hydrogens is 517 g/mol. The first-order valence-corrected chi connectivity index (χ1v) is 10.4. The average Bonchev–Trinajstić information content (AvgIpc) is 3.54. The summed E-state index contributed by atoms with van der Waals surface area (Å²) in [5.41, 5.74) is 4.10. The number of nitro groups is 1. The lowest BCUT2D eigenvalue weighted by molar-refractivity contribution is -0.383. The van der Waals surface area contributed by atoms with Crippen molar-refractivity contribution in [3.63, 3.8) is 0 Å². The summed E-state index contributed by atoms with van der Waals surface area (Å²) in [5.74, 6) is -1.29. The number of aryl methyl sites for hydroxylation is 1. The number of carbonyl (C=O) groups is 1. The maximum absolute atomic E-state index is 11.7. The zero-order valence-electron chi connectivity index (χ0n) is 16.8. The molecule has 1 aliphatic rings. The first kappa shape index (κ1) is 22.8. The summed E-state index contributed by atoms with van der Waals surface area (Å²) < 4.78 is 1.03. The monoisotopic (exact) mass is 537 g/mol. The highest BCUT2D eigenvalue weighted by Crippen LogP contribution is 2.35. The van der Waals surface area contributed by atoms with Gasteiger partial charge in [0.15, 0.2) is 5.52 Å². The minimum atomic E-state index is -1.29. The van der Waals surface area contributed by atoms with Crippen molar-refractivity contribution in [1.29, 1.82) is 0 Å². The number of halogens is 1. The van der Waals surface area contributed by atoms with Crippen molar-refractivity contribution >= 4 is 56.7 Å². The number of carboxylic acids is 1. The van der Waals surface area contributed by atoms with E-state index in [0.717, 1.165) is 15.2 Å². The maximum atomic E-state index is 11.7. The van der Waals surface area contributed by atoms with E-state index in [0.29, 0.717) is 11.7 Å². The molecule has 0 spiro atoms. The lowest BCUT2D eigenvalue weighted by Crippen LogP contribution is -2.12. The van der Waals surface area contributed by atoms with Crippen LogP contribution in [0.2, 0.25) is 0 Å². The number of nitrogens with one attached hydrogen (secondary N) is 2. The normalized spacial score (nSPS) is 12.7. The number of benzene rings is 2. The van der Waals surface area contributed by atoms with Gasteiger partial charge in [-0.25, -0.2) is 9.78 Å². The molecule has 0 amide bonds. The van der Waals surface area contributed by atoms with Gasteiger partial charge in [-0.3, -0.25) is 15.1 Å². The Morgan fingerprint density at radius 2 is 1.94 bits per heavy atom. The second kappa shape index (κ2) is 9.94. The molecule has 1 fully saturated rings. The van der Waals surface area contributed by atoms with E-state index in [1.165, 1.54) is 25.2 Å². The number of aromatic carboxylic acids is 1. The van der Waals surface area contributed by atoms with Crippen LogP contribution in [0.5, 0.6) is 0 Å². The van der Waals surface area contributed by atoms with Crippen LogP contribution in [0.1, 0.15) is 28.8 Å². The number of aromatic nitrogens is 2. The van der Waals surface area contributed by atoms with Gasteiger partial charge < -0.3 is 15.3 Å². The zero-order chi connectivity index (χ0) is 22.5. The van der Waals surface area contributed by atoms with Gasteiger partial charge in [0.1, 0.15) is 5.52 Å². The Morgan fingerprint density at radius 1 is 1.26 bits per heavy atom. The summed E-state index contributed by atoms with van der Waals surface area (Å²) in [6, 6.07) is 7.30. The minimum absolute atomic E-state index is 0.0307. The molecule has 0 radical (unpaired) electrons. The van der Waals surface area contributed by atoms with E-state index in [4.69, 9.17) is 0 Å². The molecule has 0 atom stereocenters. The second-order valence-electron chi connectivity index (χ2n) is 6.81. The van der Waals surface area contributed by atoms with Gasteiger partial charge in [-0.1, -0.05) is 0 Å². The van der Waals surface area contributed by atoms with Crippen molar-refractivity contribution in [1.82, 2.24) is 15.4 Å². The molecule has 1 saturated carbocycles. The average molecular weight is 537 g/mol. The van der Waals surface area contributed by atoms with Crippen molar-refractivity contribution in [2.45, 2.75) is 25.8 Å². The standard InChI is InChI=1S/C16H11IN4O4.C4H9NO/c1-8-6-9(17)2-3-11(8)20-13-10(16(22)23)7-12(21(24)25)14-15(13)19-5-4-18-14;1-6-5-4-2-3-4/h2-7,20H,1H3,(H,22,23);4-5H,2-3H2,1H3. The Hall–Kier alpha value is -2.90. The first-order valence-electron chi connectivity index (χ1n) is 9.29. The Bertz CT molecular complexity index is 1140. The largest absolute Gasteiger partial charge is 0.478 e. The number of fused-ring (bicyclic) bond motifs is 1. The Morgan fingerprint density at radius 3 is 2.45 bits per heavy atom.